The van der Waals surface area contributed by atoms with Gasteiger partial charge in [-0.05, 0) is 32.0 Å². The van der Waals surface area contributed by atoms with E-state index in [0.717, 1.165) is 50.8 Å². The standard InChI is InChI=1S/C13H19ClN4O/c1-9-8-19-6-5-18(9)12-10-3-4-17(2)7-11(10)15-13(14)16-12/h9H,3-8H2,1-2H3. The molecule has 1 atom stereocenters. The van der Waals surface area contributed by atoms with E-state index < -0.39 is 0 Å². The molecule has 104 valence electrons. The van der Waals surface area contributed by atoms with Crippen molar-refractivity contribution >= 4 is 17.4 Å². The fraction of sp³-hybridized carbons (Fsp3) is 0.692. The average Bonchev–Trinajstić information content (AvgIpc) is 2.38. The molecule has 3 heterocycles. The van der Waals surface area contributed by atoms with E-state index in [1.807, 2.05) is 0 Å². The minimum Gasteiger partial charge on any atom is -0.377 e. The van der Waals surface area contributed by atoms with Gasteiger partial charge in [0.15, 0.2) is 0 Å². The van der Waals surface area contributed by atoms with Crippen LogP contribution in [0, 0.1) is 0 Å². The summed E-state index contributed by atoms with van der Waals surface area (Å²) in [6.07, 6.45) is 0.989. The van der Waals surface area contributed by atoms with Crippen molar-refractivity contribution in [3.8, 4) is 0 Å². The third kappa shape index (κ3) is 2.55. The highest BCUT2D eigenvalue weighted by Gasteiger charge is 2.27. The molecule has 0 amide bonds. The first kappa shape index (κ1) is 13.1. The van der Waals surface area contributed by atoms with Gasteiger partial charge in [0, 0.05) is 25.2 Å². The van der Waals surface area contributed by atoms with Crippen LogP contribution < -0.4 is 4.90 Å². The lowest BCUT2D eigenvalue weighted by atomic mass is 10.0. The van der Waals surface area contributed by atoms with Crippen LogP contribution in [-0.2, 0) is 17.7 Å². The van der Waals surface area contributed by atoms with Crippen molar-refractivity contribution < 1.29 is 4.74 Å². The second-order valence-electron chi connectivity index (χ2n) is 5.35. The summed E-state index contributed by atoms with van der Waals surface area (Å²) < 4.78 is 5.50. The highest BCUT2D eigenvalue weighted by atomic mass is 35.5. The zero-order valence-corrected chi connectivity index (χ0v) is 12.2. The third-order valence-corrected chi connectivity index (χ3v) is 4.02. The Labute approximate surface area is 118 Å². The number of hydrogen-bond donors (Lipinski definition) is 0. The molecule has 0 radical (unpaired) electrons. The van der Waals surface area contributed by atoms with E-state index in [-0.39, 0.29) is 0 Å². The van der Waals surface area contributed by atoms with Crippen LogP contribution in [0.15, 0.2) is 0 Å². The molecule has 0 aromatic carbocycles. The van der Waals surface area contributed by atoms with Crippen molar-refractivity contribution in [2.75, 3.05) is 38.3 Å². The number of morpholine rings is 1. The van der Waals surface area contributed by atoms with Gasteiger partial charge in [0.2, 0.25) is 5.28 Å². The average molecular weight is 283 g/mol. The van der Waals surface area contributed by atoms with E-state index in [9.17, 15) is 0 Å². The van der Waals surface area contributed by atoms with E-state index in [1.165, 1.54) is 5.56 Å². The summed E-state index contributed by atoms with van der Waals surface area (Å²) >= 11 is 6.10. The van der Waals surface area contributed by atoms with Gasteiger partial charge in [-0.2, -0.15) is 0 Å². The maximum Gasteiger partial charge on any atom is 0.224 e. The number of anilines is 1. The van der Waals surface area contributed by atoms with Gasteiger partial charge in [0.05, 0.1) is 24.9 Å². The molecule has 3 rings (SSSR count). The smallest absolute Gasteiger partial charge is 0.224 e. The number of hydrogen-bond acceptors (Lipinski definition) is 5. The molecule has 0 N–H and O–H groups in total. The molecule has 1 unspecified atom stereocenters. The quantitative estimate of drug-likeness (QED) is 0.727. The van der Waals surface area contributed by atoms with Gasteiger partial charge in [-0.15, -0.1) is 0 Å². The molecule has 1 fully saturated rings. The van der Waals surface area contributed by atoms with E-state index in [2.05, 4.69) is 33.7 Å². The maximum absolute atomic E-state index is 6.10. The lowest BCUT2D eigenvalue weighted by molar-refractivity contribution is 0.0983. The maximum atomic E-state index is 6.10. The number of halogens is 1. The highest BCUT2D eigenvalue weighted by Crippen LogP contribution is 2.29. The minimum absolute atomic E-state index is 0.337. The van der Waals surface area contributed by atoms with Gasteiger partial charge < -0.3 is 14.5 Å². The third-order valence-electron chi connectivity index (χ3n) is 3.85. The highest BCUT2D eigenvalue weighted by molar-refractivity contribution is 6.28. The van der Waals surface area contributed by atoms with Crippen LogP contribution in [0.5, 0.6) is 0 Å². The minimum atomic E-state index is 0.337. The Bertz CT molecular complexity index is 482. The van der Waals surface area contributed by atoms with Gasteiger partial charge in [-0.3, -0.25) is 0 Å². The summed E-state index contributed by atoms with van der Waals surface area (Å²) in [5.41, 5.74) is 2.33. The number of likely N-dealkylation sites (N-methyl/N-ethyl adjacent to an activating group) is 1. The second kappa shape index (κ2) is 5.23. The van der Waals surface area contributed by atoms with Crippen LogP contribution in [0.25, 0.3) is 0 Å². The fourth-order valence-electron chi connectivity index (χ4n) is 2.79. The van der Waals surface area contributed by atoms with Crippen LogP contribution in [0.4, 0.5) is 5.82 Å². The van der Waals surface area contributed by atoms with Crippen molar-refractivity contribution in [3.05, 3.63) is 16.5 Å². The molecule has 0 bridgehead atoms. The van der Waals surface area contributed by atoms with Gasteiger partial charge in [0.25, 0.3) is 0 Å². The summed E-state index contributed by atoms with van der Waals surface area (Å²) in [7, 11) is 2.11. The number of rotatable bonds is 1. The molecule has 2 aliphatic heterocycles. The first-order chi connectivity index (χ1) is 9.15. The molecule has 1 saturated heterocycles. The summed E-state index contributed by atoms with van der Waals surface area (Å²) in [6, 6.07) is 0.337. The van der Waals surface area contributed by atoms with Crippen LogP contribution in [0.1, 0.15) is 18.2 Å². The Morgan fingerprint density at radius 1 is 1.32 bits per heavy atom. The predicted octanol–water partition coefficient (Wildman–Crippen LogP) is 1.34. The monoisotopic (exact) mass is 282 g/mol. The molecule has 19 heavy (non-hydrogen) atoms. The van der Waals surface area contributed by atoms with Crippen molar-refractivity contribution in [3.63, 3.8) is 0 Å². The van der Waals surface area contributed by atoms with Crippen LogP contribution >= 0.6 is 11.6 Å². The Morgan fingerprint density at radius 3 is 2.95 bits per heavy atom. The van der Waals surface area contributed by atoms with Gasteiger partial charge in [-0.1, -0.05) is 0 Å². The van der Waals surface area contributed by atoms with Crippen LogP contribution in [-0.4, -0.2) is 54.3 Å². The van der Waals surface area contributed by atoms with Crippen LogP contribution in [0.3, 0.4) is 0 Å². The first-order valence-corrected chi connectivity index (χ1v) is 7.11. The lowest BCUT2D eigenvalue weighted by Crippen LogP contribution is -2.45. The van der Waals surface area contributed by atoms with Crippen molar-refractivity contribution in [2.45, 2.75) is 25.9 Å². The Hall–Kier alpha value is -0.910. The zero-order valence-electron chi connectivity index (χ0n) is 11.4. The van der Waals surface area contributed by atoms with Crippen molar-refractivity contribution in [1.29, 1.82) is 0 Å². The van der Waals surface area contributed by atoms with Gasteiger partial charge >= 0.3 is 0 Å². The number of fused-ring (bicyclic) bond motifs is 1. The molecule has 5 nitrogen and oxygen atoms in total. The normalized spacial score (nSPS) is 24.4. The fourth-order valence-corrected chi connectivity index (χ4v) is 2.97. The first-order valence-electron chi connectivity index (χ1n) is 6.73. The molecule has 0 spiro atoms. The van der Waals surface area contributed by atoms with Crippen LogP contribution in [0.2, 0.25) is 5.28 Å². The molecular formula is C13H19ClN4O. The summed E-state index contributed by atoms with van der Waals surface area (Å²) in [5.74, 6) is 1.01. The molecule has 0 saturated carbocycles. The predicted molar refractivity (Wildman–Crippen MR) is 74.7 cm³/mol. The van der Waals surface area contributed by atoms with E-state index in [0.29, 0.717) is 11.3 Å². The number of aromatic nitrogens is 2. The van der Waals surface area contributed by atoms with Gasteiger partial charge in [-0.25, -0.2) is 9.97 Å². The van der Waals surface area contributed by atoms with Crippen molar-refractivity contribution in [1.82, 2.24) is 14.9 Å². The Kier molecular flexibility index (Phi) is 3.60. The summed E-state index contributed by atoms with van der Waals surface area (Å²) in [4.78, 5) is 13.5. The molecule has 2 aliphatic rings. The summed E-state index contributed by atoms with van der Waals surface area (Å²) in [6.45, 7) is 6.43. The molecule has 0 aliphatic carbocycles. The van der Waals surface area contributed by atoms with Crippen molar-refractivity contribution in [2.24, 2.45) is 0 Å². The largest absolute Gasteiger partial charge is 0.377 e. The van der Waals surface area contributed by atoms with E-state index in [4.69, 9.17) is 16.3 Å². The van der Waals surface area contributed by atoms with Gasteiger partial charge in [0.1, 0.15) is 5.82 Å². The van der Waals surface area contributed by atoms with E-state index in [1.54, 1.807) is 0 Å². The molecule has 1 aromatic heterocycles. The number of nitrogens with zero attached hydrogens (tertiary/aromatic N) is 4. The zero-order chi connectivity index (χ0) is 13.4. The Balaban J connectivity index is 2.00. The Morgan fingerprint density at radius 2 is 2.16 bits per heavy atom. The second-order valence-corrected chi connectivity index (χ2v) is 5.68. The molecule has 1 aromatic rings. The SMILES string of the molecule is CC1COCCN1c1nc(Cl)nc2c1CCN(C)C2. The summed E-state index contributed by atoms with van der Waals surface area (Å²) in [5, 5.41) is 0.350. The number of ether oxygens (including phenoxy) is 1. The molecule has 6 heteroatoms. The molecular weight excluding hydrogens is 264 g/mol. The topological polar surface area (TPSA) is 41.5 Å². The van der Waals surface area contributed by atoms with E-state index >= 15 is 0 Å². The lowest BCUT2D eigenvalue weighted by Gasteiger charge is -2.37.